The Hall–Kier alpha value is -2.31. The van der Waals surface area contributed by atoms with Crippen LogP contribution in [-0.4, -0.2) is 24.3 Å². The van der Waals surface area contributed by atoms with Crippen LogP contribution in [0.15, 0.2) is 58.5 Å². The first-order valence-electron chi connectivity index (χ1n) is 7.59. The van der Waals surface area contributed by atoms with Gasteiger partial charge >= 0.3 is 0 Å². The monoisotopic (exact) mass is 375 g/mol. The van der Waals surface area contributed by atoms with Crippen LogP contribution in [0.4, 0.5) is 5.69 Å². The summed E-state index contributed by atoms with van der Waals surface area (Å²) in [4.78, 5) is 24.7. The van der Waals surface area contributed by atoms with Crippen LogP contribution in [0, 0.1) is 0 Å². The van der Waals surface area contributed by atoms with Gasteiger partial charge in [0.1, 0.15) is 0 Å². The molecular formula is C18H18ClN3O2S. The third kappa shape index (κ3) is 6.60. The molecule has 0 saturated heterocycles. The fourth-order valence-electron chi connectivity index (χ4n) is 1.93. The highest BCUT2D eigenvalue weighted by molar-refractivity contribution is 7.98. The quantitative estimate of drug-likeness (QED) is 0.437. The van der Waals surface area contributed by atoms with Crippen molar-refractivity contribution in [2.45, 2.75) is 17.7 Å². The Morgan fingerprint density at radius 1 is 1.08 bits per heavy atom. The second-order valence-electron chi connectivity index (χ2n) is 5.09. The largest absolute Gasteiger partial charge is 0.325 e. The van der Waals surface area contributed by atoms with Crippen LogP contribution >= 0.6 is 23.4 Å². The summed E-state index contributed by atoms with van der Waals surface area (Å²) in [7, 11) is 0. The topological polar surface area (TPSA) is 70.6 Å². The number of anilines is 1. The first-order valence-corrected chi connectivity index (χ1v) is 9.19. The molecule has 0 aliphatic rings. The van der Waals surface area contributed by atoms with Crippen molar-refractivity contribution in [3.63, 3.8) is 0 Å². The minimum atomic E-state index is -0.328. The van der Waals surface area contributed by atoms with Crippen LogP contribution in [0.25, 0.3) is 0 Å². The van der Waals surface area contributed by atoms with Gasteiger partial charge in [-0.3, -0.25) is 9.59 Å². The standard InChI is InChI=1S/C18H18ClN3O2S/c1-25-14-8-6-13(7-9-14)12-20-22-18(24)11-10-17(23)21-16-5-3-2-4-15(16)19/h2-9,12H,10-11H2,1H3,(H,21,23)(H,22,24). The Kier molecular flexibility index (Phi) is 7.50. The molecule has 2 amide bonds. The number of halogens is 1. The van der Waals surface area contributed by atoms with Crippen molar-refractivity contribution in [3.8, 4) is 0 Å². The smallest absolute Gasteiger partial charge is 0.240 e. The number of benzene rings is 2. The van der Waals surface area contributed by atoms with Crippen molar-refractivity contribution < 1.29 is 9.59 Å². The lowest BCUT2D eigenvalue weighted by molar-refractivity contribution is -0.124. The molecule has 0 saturated carbocycles. The summed E-state index contributed by atoms with van der Waals surface area (Å²) in [6, 6.07) is 14.7. The van der Waals surface area contributed by atoms with Crippen LogP contribution < -0.4 is 10.7 Å². The van der Waals surface area contributed by atoms with Gasteiger partial charge in [-0.2, -0.15) is 5.10 Å². The first-order chi connectivity index (χ1) is 12.1. The van der Waals surface area contributed by atoms with Crippen molar-refractivity contribution in [1.82, 2.24) is 5.43 Å². The summed E-state index contributed by atoms with van der Waals surface area (Å²) in [6.45, 7) is 0. The van der Waals surface area contributed by atoms with Gasteiger partial charge in [-0.05, 0) is 36.1 Å². The summed E-state index contributed by atoms with van der Waals surface area (Å²) in [5.74, 6) is -0.605. The van der Waals surface area contributed by atoms with Gasteiger partial charge in [0.15, 0.2) is 0 Å². The molecule has 0 radical (unpaired) electrons. The lowest BCUT2D eigenvalue weighted by Gasteiger charge is -2.06. The molecule has 0 aliphatic carbocycles. The van der Waals surface area contributed by atoms with E-state index in [9.17, 15) is 9.59 Å². The molecule has 0 bridgehead atoms. The molecule has 0 atom stereocenters. The Balaban J connectivity index is 1.73. The van der Waals surface area contributed by atoms with E-state index in [1.54, 1.807) is 42.2 Å². The van der Waals surface area contributed by atoms with Crippen LogP contribution in [0.5, 0.6) is 0 Å². The third-order valence-electron chi connectivity index (χ3n) is 3.25. The van der Waals surface area contributed by atoms with Crippen molar-refractivity contribution >= 4 is 47.1 Å². The lowest BCUT2D eigenvalue weighted by Crippen LogP contribution is -2.20. The molecule has 7 heteroatoms. The average molecular weight is 376 g/mol. The average Bonchev–Trinajstić information content (AvgIpc) is 2.62. The molecule has 2 aromatic rings. The first kappa shape index (κ1) is 19.0. The number of amides is 2. The molecule has 0 unspecified atom stereocenters. The molecule has 0 aliphatic heterocycles. The fourth-order valence-corrected chi connectivity index (χ4v) is 2.52. The van der Waals surface area contributed by atoms with Crippen LogP contribution in [0.3, 0.4) is 0 Å². The number of hydrogen-bond donors (Lipinski definition) is 2. The van der Waals surface area contributed by atoms with E-state index in [0.717, 1.165) is 10.5 Å². The van der Waals surface area contributed by atoms with Gasteiger partial charge in [-0.15, -0.1) is 11.8 Å². The van der Waals surface area contributed by atoms with E-state index in [1.807, 2.05) is 30.5 Å². The third-order valence-corrected chi connectivity index (χ3v) is 4.32. The van der Waals surface area contributed by atoms with E-state index in [1.165, 1.54) is 0 Å². The van der Waals surface area contributed by atoms with Gasteiger partial charge in [-0.25, -0.2) is 5.43 Å². The fraction of sp³-hybridized carbons (Fsp3) is 0.167. The highest BCUT2D eigenvalue weighted by Crippen LogP contribution is 2.20. The van der Waals surface area contributed by atoms with E-state index in [2.05, 4.69) is 15.8 Å². The van der Waals surface area contributed by atoms with E-state index >= 15 is 0 Å². The van der Waals surface area contributed by atoms with E-state index in [0.29, 0.717) is 10.7 Å². The van der Waals surface area contributed by atoms with Crippen molar-refractivity contribution in [3.05, 3.63) is 59.1 Å². The maximum absolute atomic E-state index is 11.8. The molecule has 25 heavy (non-hydrogen) atoms. The summed E-state index contributed by atoms with van der Waals surface area (Å²) in [5.41, 5.74) is 3.82. The number of nitrogens with zero attached hydrogens (tertiary/aromatic N) is 1. The van der Waals surface area contributed by atoms with Gasteiger partial charge in [-0.1, -0.05) is 35.9 Å². The Labute approximate surface area is 155 Å². The zero-order valence-electron chi connectivity index (χ0n) is 13.7. The molecule has 0 aromatic heterocycles. The number of nitrogens with one attached hydrogen (secondary N) is 2. The van der Waals surface area contributed by atoms with E-state index in [-0.39, 0.29) is 24.7 Å². The number of thioether (sulfide) groups is 1. The van der Waals surface area contributed by atoms with Gasteiger partial charge < -0.3 is 5.32 Å². The lowest BCUT2D eigenvalue weighted by atomic mass is 10.2. The predicted molar refractivity (Wildman–Crippen MR) is 103 cm³/mol. The number of carbonyl (C=O) groups is 2. The summed E-state index contributed by atoms with van der Waals surface area (Å²) in [6.07, 6.45) is 3.66. The van der Waals surface area contributed by atoms with Crippen LogP contribution in [0.2, 0.25) is 5.02 Å². The zero-order chi connectivity index (χ0) is 18.1. The van der Waals surface area contributed by atoms with Crippen molar-refractivity contribution in [2.75, 3.05) is 11.6 Å². The normalized spacial score (nSPS) is 10.6. The number of para-hydroxylation sites is 1. The second-order valence-corrected chi connectivity index (χ2v) is 6.38. The zero-order valence-corrected chi connectivity index (χ0v) is 15.2. The summed E-state index contributed by atoms with van der Waals surface area (Å²) < 4.78 is 0. The molecule has 0 heterocycles. The molecule has 2 aromatic carbocycles. The highest BCUT2D eigenvalue weighted by Gasteiger charge is 2.08. The summed E-state index contributed by atoms with van der Waals surface area (Å²) in [5, 5.41) is 7.01. The number of hydrazone groups is 1. The van der Waals surface area contributed by atoms with E-state index in [4.69, 9.17) is 11.6 Å². The number of carbonyl (C=O) groups excluding carboxylic acids is 2. The van der Waals surface area contributed by atoms with Crippen LogP contribution in [-0.2, 0) is 9.59 Å². The molecule has 5 nitrogen and oxygen atoms in total. The number of rotatable bonds is 7. The van der Waals surface area contributed by atoms with Crippen molar-refractivity contribution in [1.29, 1.82) is 0 Å². The Bertz CT molecular complexity index is 763. The van der Waals surface area contributed by atoms with Crippen LogP contribution in [0.1, 0.15) is 18.4 Å². The van der Waals surface area contributed by atoms with Gasteiger partial charge in [0.25, 0.3) is 0 Å². The highest BCUT2D eigenvalue weighted by atomic mass is 35.5. The van der Waals surface area contributed by atoms with Gasteiger partial charge in [0.05, 0.1) is 16.9 Å². The maximum atomic E-state index is 11.8. The second kappa shape index (κ2) is 9.86. The molecule has 2 N–H and O–H groups in total. The summed E-state index contributed by atoms with van der Waals surface area (Å²) >= 11 is 7.62. The SMILES string of the molecule is CSc1ccc(C=NNC(=O)CCC(=O)Nc2ccccc2Cl)cc1. The number of hydrogen-bond acceptors (Lipinski definition) is 4. The molecule has 2 rings (SSSR count). The molecule has 130 valence electrons. The van der Waals surface area contributed by atoms with E-state index < -0.39 is 0 Å². The maximum Gasteiger partial charge on any atom is 0.240 e. The van der Waals surface area contributed by atoms with Gasteiger partial charge in [0.2, 0.25) is 11.8 Å². The molecule has 0 fully saturated rings. The Morgan fingerprint density at radius 3 is 2.44 bits per heavy atom. The van der Waals surface area contributed by atoms with Crippen molar-refractivity contribution in [2.24, 2.45) is 5.10 Å². The minimum absolute atomic E-state index is 0.0407. The minimum Gasteiger partial charge on any atom is -0.325 e. The molecular weight excluding hydrogens is 358 g/mol. The Morgan fingerprint density at radius 2 is 1.76 bits per heavy atom. The van der Waals surface area contributed by atoms with Gasteiger partial charge in [0, 0.05) is 17.7 Å². The molecule has 0 spiro atoms. The predicted octanol–water partition coefficient (Wildman–Crippen LogP) is 3.93.